The van der Waals surface area contributed by atoms with Gasteiger partial charge < -0.3 is 14.8 Å². The monoisotopic (exact) mass is 542 g/mol. The molecule has 36 heavy (non-hydrogen) atoms. The molecule has 0 saturated carbocycles. The van der Waals surface area contributed by atoms with E-state index in [9.17, 15) is 9.59 Å². The first-order chi connectivity index (χ1) is 17.3. The van der Waals surface area contributed by atoms with Crippen LogP contribution in [0.4, 0.5) is 0 Å². The number of esters is 1. The summed E-state index contributed by atoms with van der Waals surface area (Å²) in [5, 5.41) is 4.39. The van der Waals surface area contributed by atoms with Crippen molar-refractivity contribution in [2.24, 2.45) is 0 Å². The van der Waals surface area contributed by atoms with Crippen molar-refractivity contribution >= 4 is 57.6 Å². The van der Waals surface area contributed by atoms with Gasteiger partial charge in [0.2, 0.25) is 0 Å². The average molecular weight is 544 g/mol. The number of halogens is 3. The number of hydrogen-bond donors (Lipinski definition) is 1. The van der Waals surface area contributed by atoms with Crippen LogP contribution in [0.15, 0.2) is 66.9 Å². The summed E-state index contributed by atoms with van der Waals surface area (Å²) in [4.78, 5) is 30.2. The van der Waals surface area contributed by atoms with Crippen LogP contribution in [-0.4, -0.2) is 37.1 Å². The van der Waals surface area contributed by atoms with E-state index in [-0.39, 0.29) is 22.0 Å². The van der Waals surface area contributed by atoms with Gasteiger partial charge in [0.15, 0.2) is 0 Å². The Hall–Kier alpha value is -3.32. The van der Waals surface area contributed by atoms with E-state index in [2.05, 4.69) is 10.3 Å². The highest BCUT2D eigenvalue weighted by Crippen LogP contribution is 2.40. The number of amides is 1. The van der Waals surface area contributed by atoms with Crippen molar-refractivity contribution < 1.29 is 19.1 Å². The number of nitrogens with one attached hydrogen (secondary N) is 1. The molecule has 3 aromatic carbocycles. The van der Waals surface area contributed by atoms with Gasteiger partial charge in [-0.2, -0.15) is 0 Å². The highest BCUT2D eigenvalue weighted by atomic mass is 35.5. The maximum atomic E-state index is 13.0. The molecule has 0 saturated heterocycles. The SMILES string of the molecule is COC(=O)[C@H](Cc1ccc(-c2c(Cl)cccc2OC)c2cccnc12)NC(=O)c1c(Cl)cccc1Cl. The van der Waals surface area contributed by atoms with E-state index in [1.165, 1.54) is 7.11 Å². The van der Waals surface area contributed by atoms with E-state index in [0.717, 1.165) is 22.1 Å². The Balaban J connectivity index is 1.75. The molecule has 0 unspecified atom stereocenters. The lowest BCUT2D eigenvalue weighted by Crippen LogP contribution is -2.43. The zero-order valence-electron chi connectivity index (χ0n) is 19.3. The summed E-state index contributed by atoms with van der Waals surface area (Å²) < 4.78 is 10.5. The minimum absolute atomic E-state index is 0.0823. The van der Waals surface area contributed by atoms with E-state index in [1.807, 2.05) is 36.4 Å². The van der Waals surface area contributed by atoms with Crippen LogP contribution < -0.4 is 10.1 Å². The molecule has 6 nitrogen and oxygen atoms in total. The molecular formula is C27H21Cl3N2O4. The van der Waals surface area contributed by atoms with Crippen molar-refractivity contribution in [2.45, 2.75) is 12.5 Å². The summed E-state index contributed by atoms with van der Waals surface area (Å²) in [5.74, 6) is -0.583. The third-order valence-corrected chi connectivity index (χ3v) is 6.67. The minimum atomic E-state index is -1.01. The third-order valence-electron chi connectivity index (χ3n) is 5.72. The molecule has 1 amide bonds. The second-order valence-electron chi connectivity index (χ2n) is 7.84. The van der Waals surface area contributed by atoms with Crippen molar-refractivity contribution in [3.05, 3.63) is 93.1 Å². The van der Waals surface area contributed by atoms with Gasteiger partial charge in [-0.05, 0) is 41.5 Å². The molecule has 0 aliphatic heterocycles. The van der Waals surface area contributed by atoms with Crippen LogP contribution in [-0.2, 0) is 16.0 Å². The molecule has 4 rings (SSSR count). The number of nitrogens with zero attached hydrogens (tertiary/aromatic N) is 1. The molecule has 0 bridgehead atoms. The van der Waals surface area contributed by atoms with Gasteiger partial charge in [0, 0.05) is 23.6 Å². The Kier molecular flexibility index (Phi) is 7.99. The Morgan fingerprint density at radius 1 is 0.917 bits per heavy atom. The number of benzene rings is 3. The maximum absolute atomic E-state index is 13.0. The molecular weight excluding hydrogens is 523 g/mol. The number of rotatable bonds is 7. The number of fused-ring (bicyclic) bond motifs is 1. The second-order valence-corrected chi connectivity index (χ2v) is 9.06. The Bertz CT molecular complexity index is 1440. The molecule has 1 N–H and O–H groups in total. The third kappa shape index (κ3) is 5.12. The summed E-state index contributed by atoms with van der Waals surface area (Å²) in [5.41, 5.74) is 3.01. The quantitative estimate of drug-likeness (QED) is 0.274. The first kappa shape index (κ1) is 25.8. The fourth-order valence-corrected chi connectivity index (χ4v) is 4.89. The second kappa shape index (κ2) is 11.2. The zero-order valence-corrected chi connectivity index (χ0v) is 21.6. The van der Waals surface area contributed by atoms with Crippen LogP contribution in [0.3, 0.4) is 0 Å². The normalized spacial score (nSPS) is 11.7. The minimum Gasteiger partial charge on any atom is -0.496 e. The molecule has 0 spiro atoms. The lowest BCUT2D eigenvalue weighted by molar-refractivity contribution is -0.142. The van der Waals surface area contributed by atoms with Gasteiger partial charge in [0.1, 0.15) is 11.8 Å². The lowest BCUT2D eigenvalue weighted by atomic mass is 9.94. The number of methoxy groups -OCH3 is 2. The molecule has 184 valence electrons. The molecule has 1 atom stereocenters. The summed E-state index contributed by atoms with van der Waals surface area (Å²) in [6.45, 7) is 0. The highest BCUT2D eigenvalue weighted by molar-refractivity contribution is 6.39. The average Bonchev–Trinajstić information content (AvgIpc) is 2.88. The number of hydrogen-bond acceptors (Lipinski definition) is 5. The molecule has 1 aromatic heterocycles. The summed E-state index contributed by atoms with van der Waals surface area (Å²) in [7, 11) is 2.84. The molecule has 0 fully saturated rings. The first-order valence-corrected chi connectivity index (χ1v) is 12.0. The van der Waals surface area contributed by atoms with Gasteiger partial charge in [0.25, 0.3) is 5.91 Å². The van der Waals surface area contributed by atoms with Gasteiger partial charge in [-0.1, -0.05) is 65.1 Å². The Morgan fingerprint density at radius 3 is 2.31 bits per heavy atom. The smallest absolute Gasteiger partial charge is 0.328 e. The van der Waals surface area contributed by atoms with Crippen molar-refractivity contribution in [1.29, 1.82) is 0 Å². The topological polar surface area (TPSA) is 77.5 Å². The first-order valence-electron chi connectivity index (χ1n) is 10.9. The standard InChI is InChI=1S/C27H21Cl3N2O4/c1-35-22-10-4-9-18(28)23(22)16-12-11-15(25-17(16)6-5-13-31-25)14-21(27(34)36-2)32-26(33)24-19(29)7-3-8-20(24)30/h3-13,21H,14H2,1-2H3,(H,32,33)/t21-/m0/s1. The van der Waals surface area contributed by atoms with Crippen LogP contribution in [0.2, 0.25) is 15.1 Å². The predicted octanol–water partition coefficient (Wildman–Crippen LogP) is 6.38. The van der Waals surface area contributed by atoms with E-state index < -0.39 is 17.9 Å². The van der Waals surface area contributed by atoms with Crippen molar-refractivity contribution in [2.75, 3.05) is 14.2 Å². The molecule has 0 aliphatic carbocycles. The summed E-state index contributed by atoms with van der Waals surface area (Å²) in [6, 6.07) is 16.6. The van der Waals surface area contributed by atoms with Crippen LogP contribution in [0.25, 0.3) is 22.0 Å². The van der Waals surface area contributed by atoms with Crippen molar-refractivity contribution in [3.63, 3.8) is 0 Å². The van der Waals surface area contributed by atoms with Gasteiger partial charge in [-0.3, -0.25) is 9.78 Å². The van der Waals surface area contributed by atoms with Crippen LogP contribution >= 0.6 is 34.8 Å². The lowest BCUT2D eigenvalue weighted by Gasteiger charge is -2.19. The van der Waals surface area contributed by atoms with E-state index in [4.69, 9.17) is 44.3 Å². The van der Waals surface area contributed by atoms with E-state index in [1.54, 1.807) is 37.6 Å². The number of carbonyl (C=O) groups is 2. The Morgan fingerprint density at radius 2 is 1.61 bits per heavy atom. The van der Waals surface area contributed by atoms with Gasteiger partial charge in [0.05, 0.1) is 40.4 Å². The number of pyridine rings is 1. The van der Waals surface area contributed by atoms with E-state index in [0.29, 0.717) is 16.3 Å². The summed E-state index contributed by atoms with van der Waals surface area (Å²) in [6.07, 6.45) is 1.78. The number of aromatic nitrogens is 1. The fraction of sp³-hybridized carbons (Fsp3) is 0.148. The number of ether oxygens (including phenoxy) is 2. The van der Waals surface area contributed by atoms with Gasteiger partial charge in [-0.25, -0.2) is 4.79 Å². The molecule has 0 radical (unpaired) electrons. The highest BCUT2D eigenvalue weighted by Gasteiger charge is 2.26. The Labute approximate surface area is 223 Å². The maximum Gasteiger partial charge on any atom is 0.328 e. The van der Waals surface area contributed by atoms with Gasteiger partial charge >= 0.3 is 5.97 Å². The molecule has 0 aliphatic rings. The van der Waals surface area contributed by atoms with Gasteiger partial charge in [-0.15, -0.1) is 0 Å². The van der Waals surface area contributed by atoms with Crippen molar-refractivity contribution in [3.8, 4) is 16.9 Å². The summed E-state index contributed by atoms with van der Waals surface area (Å²) >= 11 is 18.9. The van der Waals surface area contributed by atoms with E-state index >= 15 is 0 Å². The molecule has 4 aromatic rings. The largest absolute Gasteiger partial charge is 0.496 e. The van der Waals surface area contributed by atoms with Crippen LogP contribution in [0.1, 0.15) is 15.9 Å². The van der Waals surface area contributed by atoms with Crippen LogP contribution in [0.5, 0.6) is 5.75 Å². The number of carbonyl (C=O) groups excluding carboxylic acids is 2. The predicted molar refractivity (Wildman–Crippen MR) is 142 cm³/mol. The zero-order chi connectivity index (χ0) is 25.8. The molecule has 9 heteroatoms. The molecule has 1 heterocycles. The van der Waals surface area contributed by atoms with Crippen LogP contribution in [0, 0.1) is 0 Å². The fourth-order valence-electron chi connectivity index (χ4n) is 4.05. The van der Waals surface area contributed by atoms with Crippen molar-refractivity contribution in [1.82, 2.24) is 10.3 Å².